The van der Waals surface area contributed by atoms with Gasteiger partial charge < -0.3 is 14.5 Å². The van der Waals surface area contributed by atoms with Gasteiger partial charge in [0.2, 0.25) is 0 Å². The Labute approximate surface area is 205 Å². The Morgan fingerprint density at radius 1 is 1.26 bits per heavy atom. The van der Waals surface area contributed by atoms with Gasteiger partial charge in [-0.3, -0.25) is 0 Å². The molecule has 34 heavy (non-hydrogen) atoms. The largest absolute Gasteiger partial charge is 0.444 e. The van der Waals surface area contributed by atoms with Crippen molar-refractivity contribution in [3.8, 4) is 6.07 Å². The van der Waals surface area contributed by atoms with Crippen molar-refractivity contribution in [1.82, 2.24) is 14.9 Å². The number of rotatable bonds is 1. The number of likely N-dealkylation sites (tertiary alicyclic amines) is 1. The van der Waals surface area contributed by atoms with Crippen LogP contribution in [0.2, 0.25) is 5.02 Å². The smallest absolute Gasteiger partial charge is 0.410 e. The molecule has 8 heteroatoms. The monoisotopic (exact) mass is 479 g/mol. The van der Waals surface area contributed by atoms with Crippen molar-refractivity contribution in [3.05, 3.63) is 45.9 Å². The highest BCUT2D eigenvalue weighted by atomic mass is 35.5. The molecule has 1 saturated heterocycles. The van der Waals surface area contributed by atoms with Gasteiger partial charge in [0.25, 0.3) is 0 Å². The summed E-state index contributed by atoms with van der Waals surface area (Å²) in [5, 5.41) is 10.5. The van der Waals surface area contributed by atoms with Crippen LogP contribution in [0, 0.1) is 11.3 Å². The first-order valence-electron chi connectivity index (χ1n) is 12.0. The highest BCUT2D eigenvalue weighted by Crippen LogP contribution is 2.53. The zero-order valence-electron chi connectivity index (χ0n) is 20.2. The maximum Gasteiger partial charge on any atom is 0.410 e. The summed E-state index contributed by atoms with van der Waals surface area (Å²) in [5.74, 6) is 1.33. The third kappa shape index (κ3) is 3.69. The van der Waals surface area contributed by atoms with E-state index < -0.39 is 5.60 Å². The van der Waals surface area contributed by atoms with E-state index in [1.54, 1.807) is 11.2 Å². The number of carbonyl (C=O) groups excluding carboxylic acids is 1. The van der Waals surface area contributed by atoms with Crippen molar-refractivity contribution < 1.29 is 9.53 Å². The summed E-state index contributed by atoms with van der Waals surface area (Å²) >= 11 is 6.52. The van der Waals surface area contributed by atoms with Crippen LogP contribution in [0.15, 0.2) is 18.5 Å². The molecule has 0 radical (unpaired) electrons. The molecule has 1 aromatic carbocycles. The Kier molecular flexibility index (Phi) is 5.48. The van der Waals surface area contributed by atoms with Crippen LogP contribution in [-0.2, 0) is 16.6 Å². The van der Waals surface area contributed by atoms with E-state index >= 15 is 0 Å². The minimum Gasteiger partial charge on any atom is -0.444 e. The summed E-state index contributed by atoms with van der Waals surface area (Å²) in [6.07, 6.45) is 4.87. The number of piperidine rings is 1. The topological polar surface area (TPSA) is 82.3 Å². The van der Waals surface area contributed by atoms with E-state index in [0.717, 1.165) is 48.4 Å². The maximum absolute atomic E-state index is 12.7. The van der Waals surface area contributed by atoms with Gasteiger partial charge in [0, 0.05) is 47.6 Å². The fraction of sp³-hybridized carbons (Fsp3) is 0.538. The lowest BCUT2D eigenvalue weighted by molar-refractivity contribution is 0.0171. The first kappa shape index (κ1) is 22.9. The fourth-order valence-corrected chi connectivity index (χ4v) is 5.98. The van der Waals surface area contributed by atoms with Crippen molar-refractivity contribution in [2.75, 3.05) is 24.5 Å². The van der Waals surface area contributed by atoms with Crippen molar-refractivity contribution >= 4 is 29.2 Å². The number of hydrogen-bond donors (Lipinski definition) is 0. The van der Waals surface area contributed by atoms with Crippen LogP contribution < -0.4 is 4.90 Å². The van der Waals surface area contributed by atoms with Gasteiger partial charge in [-0.05, 0) is 64.5 Å². The van der Waals surface area contributed by atoms with Gasteiger partial charge in [-0.15, -0.1) is 0 Å². The molecule has 5 rings (SSSR count). The summed E-state index contributed by atoms with van der Waals surface area (Å²) in [5.41, 5.74) is 4.03. The Morgan fingerprint density at radius 3 is 2.68 bits per heavy atom. The van der Waals surface area contributed by atoms with Crippen LogP contribution in [0.1, 0.15) is 75.3 Å². The third-order valence-electron chi connectivity index (χ3n) is 7.41. The van der Waals surface area contributed by atoms with Gasteiger partial charge in [0.1, 0.15) is 23.8 Å². The highest BCUT2D eigenvalue weighted by molar-refractivity contribution is 6.32. The van der Waals surface area contributed by atoms with Crippen LogP contribution >= 0.6 is 11.6 Å². The van der Waals surface area contributed by atoms with Gasteiger partial charge in [0.05, 0.1) is 10.6 Å². The molecule has 1 spiro atoms. The Morgan fingerprint density at radius 2 is 2.00 bits per heavy atom. The Balaban J connectivity index is 1.54. The maximum atomic E-state index is 12.7. The van der Waals surface area contributed by atoms with Gasteiger partial charge in [-0.1, -0.05) is 18.5 Å². The normalized spacial score (nSPS) is 20.8. The van der Waals surface area contributed by atoms with Crippen molar-refractivity contribution in [3.63, 3.8) is 0 Å². The summed E-state index contributed by atoms with van der Waals surface area (Å²) in [4.78, 5) is 26.0. The second-order valence-corrected chi connectivity index (χ2v) is 11.2. The quantitative estimate of drug-likeness (QED) is 0.539. The van der Waals surface area contributed by atoms with E-state index in [1.807, 2.05) is 32.9 Å². The number of nitriles is 1. The van der Waals surface area contributed by atoms with Crippen LogP contribution in [0.3, 0.4) is 0 Å². The van der Waals surface area contributed by atoms with Crippen LogP contribution in [-0.4, -0.2) is 46.2 Å². The number of aromatic nitrogens is 2. The number of fused-ring (bicyclic) bond motifs is 3. The molecule has 2 aromatic rings. The number of anilines is 2. The molecule has 1 unspecified atom stereocenters. The molecule has 178 valence electrons. The molecule has 1 amide bonds. The van der Waals surface area contributed by atoms with Gasteiger partial charge >= 0.3 is 6.09 Å². The minimum absolute atomic E-state index is 0.286. The average molecular weight is 480 g/mol. The zero-order chi connectivity index (χ0) is 24.3. The fourth-order valence-electron chi connectivity index (χ4n) is 5.78. The number of benzene rings is 1. The molecule has 0 N–H and O–H groups in total. The molecule has 2 aliphatic heterocycles. The van der Waals surface area contributed by atoms with Gasteiger partial charge in [-0.25, -0.2) is 14.8 Å². The predicted molar refractivity (Wildman–Crippen MR) is 131 cm³/mol. The molecule has 0 bridgehead atoms. The van der Waals surface area contributed by atoms with Gasteiger partial charge in [-0.2, -0.15) is 5.26 Å². The highest BCUT2D eigenvalue weighted by Gasteiger charge is 2.49. The van der Waals surface area contributed by atoms with E-state index in [1.165, 1.54) is 5.56 Å². The molecule has 1 fully saturated rings. The molecule has 1 aromatic heterocycles. The first-order valence-corrected chi connectivity index (χ1v) is 12.3. The zero-order valence-corrected chi connectivity index (χ0v) is 20.9. The van der Waals surface area contributed by atoms with Crippen LogP contribution in [0.5, 0.6) is 0 Å². The number of amides is 1. The number of ether oxygens (including phenoxy) is 1. The number of hydrogen-bond acceptors (Lipinski definition) is 6. The summed E-state index contributed by atoms with van der Waals surface area (Å²) in [7, 11) is 0. The number of carbonyl (C=O) groups is 1. The number of nitrogens with zero attached hydrogens (tertiary/aromatic N) is 5. The van der Waals surface area contributed by atoms with E-state index in [0.29, 0.717) is 36.1 Å². The molecule has 3 heterocycles. The second-order valence-electron chi connectivity index (χ2n) is 10.8. The van der Waals surface area contributed by atoms with E-state index in [4.69, 9.17) is 21.3 Å². The molecule has 1 atom stereocenters. The number of halogens is 1. The summed E-state index contributed by atoms with van der Waals surface area (Å²) in [6, 6.07) is 6.20. The first-order chi connectivity index (χ1) is 16.1. The van der Waals surface area contributed by atoms with Crippen LogP contribution in [0.25, 0.3) is 0 Å². The van der Waals surface area contributed by atoms with E-state index in [2.05, 4.69) is 22.9 Å². The number of aryl methyl sites for hydroxylation is 1. The van der Waals surface area contributed by atoms with E-state index in [-0.39, 0.29) is 11.5 Å². The van der Waals surface area contributed by atoms with Gasteiger partial charge in [0.15, 0.2) is 0 Å². The SMILES string of the molecule is CC1CCc2ncnc(N3CC4(CCN(C(=O)OC(C)(C)C)CC4)c4c3ccc(Cl)c4C#N)c21. The summed E-state index contributed by atoms with van der Waals surface area (Å²) in [6.45, 7) is 9.70. The average Bonchev–Trinajstić information content (AvgIpc) is 3.32. The molecular formula is C26H30ClN5O2. The Hall–Kier alpha value is -2.85. The van der Waals surface area contributed by atoms with Crippen molar-refractivity contribution in [2.24, 2.45) is 0 Å². The molecule has 0 saturated carbocycles. The Bertz CT molecular complexity index is 1190. The van der Waals surface area contributed by atoms with Crippen molar-refractivity contribution in [1.29, 1.82) is 5.26 Å². The lowest BCUT2D eigenvalue weighted by Gasteiger charge is -2.40. The molecule has 7 nitrogen and oxygen atoms in total. The predicted octanol–water partition coefficient (Wildman–Crippen LogP) is 5.47. The standard InChI is InChI=1S/C26H30ClN5O2/c1-16-5-7-19-21(16)23(30-15-29-19)32-14-26(22-17(13-28)18(27)6-8-20(22)32)9-11-31(12-10-26)24(33)34-25(2,3)4/h6,8,15-16H,5,7,9-12,14H2,1-4H3. The third-order valence-corrected chi connectivity index (χ3v) is 7.72. The van der Waals surface area contributed by atoms with E-state index in [9.17, 15) is 10.1 Å². The van der Waals surface area contributed by atoms with Crippen LogP contribution in [0.4, 0.5) is 16.3 Å². The second kappa shape index (κ2) is 8.13. The summed E-state index contributed by atoms with van der Waals surface area (Å²) < 4.78 is 5.60. The molecule has 3 aliphatic rings. The molecular weight excluding hydrogens is 450 g/mol. The lowest BCUT2D eigenvalue weighted by atomic mass is 9.72. The minimum atomic E-state index is -0.533. The lowest BCUT2D eigenvalue weighted by Crippen LogP contribution is -2.48. The molecule has 1 aliphatic carbocycles. The van der Waals surface area contributed by atoms with Crippen molar-refractivity contribution in [2.45, 2.75) is 70.3 Å².